The fraction of sp³-hybridized carbons (Fsp3) is 0.286. The van der Waals surface area contributed by atoms with E-state index in [1.165, 1.54) is 5.56 Å². The average molecular weight is 304 g/mol. The summed E-state index contributed by atoms with van der Waals surface area (Å²) in [5, 5.41) is 8.30. The monoisotopic (exact) mass is 304 g/mol. The third kappa shape index (κ3) is 4.09. The number of carbonyl (C=O) groups excluding carboxylic acids is 1. The summed E-state index contributed by atoms with van der Waals surface area (Å²) in [6.45, 7) is 4.14. The molecule has 2 rings (SSSR count). The summed E-state index contributed by atoms with van der Waals surface area (Å²) in [5.41, 5.74) is 5.17. The second kappa shape index (κ2) is 7.49. The van der Waals surface area contributed by atoms with Crippen LogP contribution in [0, 0.1) is 0 Å². The molecule has 1 N–H and O–H groups in total. The standard InChI is InChI=1S/C14H16N4O2S/c1-3-10-5-7-11(8-6-10)9-15-17-13-12(16-18-21-13)14(19)20-4-2/h5-9,17H,3-4H2,1-2H3/b15-9-. The summed E-state index contributed by atoms with van der Waals surface area (Å²) >= 11 is 1.06. The molecule has 0 spiro atoms. The molecule has 0 bridgehead atoms. The quantitative estimate of drug-likeness (QED) is 0.504. The molecule has 2 aromatic rings. The van der Waals surface area contributed by atoms with E-state index in [4.69, 9.17) is 4.74 Å². The third-order valence-electron chi connectivity index (χ3n) is 2.72. The van der Waals surface area contributed by atoms with Crippen molar-refractivity contribution in [1.29, 1.82) is 0 Å². The summed E-state index contributed by atoms with van der Waals surface area (Å²) in [5.74, 6) is -0.503. The van der Waals surface area contributed by atoms with Crippen molar-refractivity contribution in [3.63, 3.8) is 0 Å². The number of anilines is 1. The number of carbonyl (C=O) groups is 1. The van der Waals surface area contributed by atoms with E-state index in [-0.39, 0.29) is 5.69 Å². The molecule has 21 heavy (non-hydrogen) atoms. The maximum absolute atomic E-state index is 11.6. The number of esters is 1. The number of aromatic nitrogens is 2. The first kappa shape index (κ1) is 15.1. The first-order valence-electron chi connectivity index (χ1n) is 6.62. The number of nitrogens with one attached hydrogen (secondary N) is 1. The van der Waals surface area contributed by atoms with Gasteiger partial charge in [-0.25, -0.2) is 4.79 Å². The second-order valence-electron chi connectivity index (χ2n) is 4.14. The molecule has 0 aliphatic carbocycles. The topological polar surface area (TPSA) is 76.5 Å². The van der Waals surface area contributed by atoms with E-state index in [1.807, 2.05) is 12.1 Å². The molecular formula is C14H16N4O2S. The Morgan fingerprint density at radius 2 is 2.14 bits per heavy atom. The van der Waals surface area contributed by atoms with Crippen molar-refractivity contribution in [2.45, 2.75) is 20.3 Å². The van der Waals surface area contributed by atoms with Gasteiger partial charge < -0.3 is 4.74 Å². The SMILES string of the molecule is CCOC(=O)c1nnsc1N/N=C\c1ccc(CC)cc1. The minimum Gasteiger partial charge on any atom is -0.461 e. The molecule has 6 nitrogen and oxygen atoms in total. The molecule has 1 aromatic carbocycles. The van der Waals surface area contributed by atoms with Gasteiger partial charge in [0.15, 0.2) is 5.00 Å². The predicted octanol–water partition coefficient (Wildman–Crippen LogP) is 2.72. The Bertz CT molecular complexity index is 622. The van der Waals surface area contributed by atoms with Gasteiger partial charge in [-0.05, 0) is 24.5 Å². The molecule has 0 radical (unpaired) electrons. The highest BCUT2D eigenvalue weighted by atomic mass is 32.1. The number of benzene rings is 1. The zero-order valence-corrected chi connectivity index (χ0v) is 12.7. The summed E-state index contributed by atoms with van der Waals surface area (Å²) in [4.78, 5) is 11.6. The van der Waals surface area contributed by atoms with E-state index in [0.717, 1.165) is 23.5 Å². The van der Waals surface area contributed by atoms with Gasteiger partial charge >= 0.3 is 5.97 Å². The van der Waals surface area contributed by atoms with Crippen LogP contribution in [0.2, 0.25) is 0 Å². The Balaban J connectivity index is 2.00. The van der Waals surface area contributed by atoms with Crippen molar-refractivity contribution in [1.82, 2.24) is 9.59 Å². The summed E-state index contributed by atoms with van der Waals surface area (Å²) < 4.78 is 8.62. The van der Waals surface area contributed by atoms with Crippen LogP contribution < -0.4 is 5.43 Å². The predicted molar refractivity (Wildman–Crippen MR) is 82.9 cm³/mol. The van der Waals surface area contributed by atoms with Crippen LogP contribution in [0.5, 0.6) is 0 Å². The molecule has 7 heteroatoms. The van der Waals surface area contributed by atoms with Gasteiger partial charge in [-0.2, -0.15) is 5.10 Å². The van der Waals surface area contributed by atoms with E-state index in [0.29, 0.717) is 11.6 Å². The van der Waals surface area contributed by atoms with Crippen molar-refractivity contribution in [2.75, 3.05) is 12.0 Å². The fourth-order valence-electron chi connectivity index (χ4n) is 1.60. The van der Waals surface area contributed by atoms with Gasteiger partial charge in [-0.3, -0.25) is 5.43 Å². The Kier molecular flexibility index (Phi) is 5.39. The largest absolute Gasteiger partial charge is 0.461 e. The maximum atomic E-state index is 11.6. The maximum Gasteiger partial charge on any atom is 0.362 e. The lowest BCUT2D eigenvalue weighted by atomic mass is 10.1. The number of aryl methyl sites for hydroxylation is 1. The molecule has 0 saturated carbocycles. The van der Waals surface area contributed by atoms with Crippen molar-refractivity contribution >= 4 is 28.7 Å². The number of rotatable bonds is 6. The number of nitrogens with zero attached hydrogens (tertiary/aromatic N) is 3. The van der Waals surface area contributed by atoms with E-state index < -0.39 is 5.97 Å². The van der Waals surface area contributed by atoms with Crippen LogP contribution in [0.25, 0.3) is 0 Å². The van der Waals surface area contributed by atoms with Gasteiger partial charge in [-0.1, -0.05) is 35.7 Å². The zero-order chi connectivity index (χ0) is 15.1. The highest BCUT2D eigenvalue weighted by Gasteiger charge is 2.17. The lowest BCUT2D eigenvalue weighted by Gasteiger charge is -2.00. The summed E-state index contributed by atoms with van der Waals surface area (Å²) in [6, 6.07) is 8.09. The number of hydrogen-bond acceptors (Lipinski definition) is 7. The van der Waals surface area contributed by atoms with Gasteiger partial charge in [0.2, 0.25) is 5.69 Å². The van der Waals surface area contributed by atoms with Gasteiger partial charge in [-0.15, -0.1) is 5.10 Å². The molecule has 1 heterocycles. The molecule has 0 unspecified atom stereocenters. The Morgan fingerprint density at radius 3 is 2.81 bits per heavy atom. The molecule has 1 aromatic heterocycles. The highest BCUT2D eigenvalue weighted by molar-refractivity contribution is 7.10. The third-order valence-corrected chi connectivity index (χ3v) is 3.35. The minimum atomic E-state index is -0.503. The average Bonchev–Trinajstić information content (AvgIpc) is 2.97. The van der Waals surface area contributed by atoms with Crippen LogP contribution >= 0.6 is 11.5 Å². The molecule has 110 valence electrons. The van der Waals surface area contributed by atoms with E-state index in [9.17, 15) is 4.79 Å². The first-order chi connectivity index (χ1) is 10.2. The van der Waals surface area contributed by atoms with Crippen molar-refractivity contribution in [2.24, 2.45) is 5.10 Å². The summed E-state index contributed by atoms with van der Waals surface area (Å²) in [6.07, 6.45) is 2.68. The Morgan fingerprint density at radius 1 is 1.38 bits per heavy atom. The lowest BCUT2D eigenvalue weighted by Crippen LogP contribution is -2.07. The van der Waals surface area contributed by atoms with Crippen molar-refractivity contribution in [3.8, 4) is 0 Å². The van der Waals surface area contributed by atoms with Crippen molar-refractivity contribution < 1.29 is 9.53 Å². The molecule has 0 aliphatic rings. The van der Waals surface area contributed by atoms with E-state index >= 15 is 0 Å². The normalized spacial score (nSPS) is 10.8. The number of ether oxygens (including phenoxy) is 1. The van der Waals surface area contributed by atoms with Gasteiger partial charge in [0.05, 0.1) is 12.8 Å². The zero-order valence-electron chi connectivity index (χ0n) is 11.9. The Labute approximate surface area is 127 Å². The van der Waals surface area contributed by atoms with Gasteiger partial charge in [0, 0.05) is 11.5 Å². The minimum absolute atomic E-state index is 0.153. The Hall–Kier alpha value is -2.28. The van der Waals surface area contributed by atoms with Crippen molar-refractivity contribution in [3.05, 3.63) is 41.1 Å². The smallest absolute Gasteiger partial charge is 0.362 e. The first-order valence-corrected chi connectivity index (χ1v) is 7.39. The molecule has 0 atom stereocenters. The summed E-state index contributed by atoms with van der Waals surface area (Å²) in [7, 11) is 0. The highest BCUT2D eigenvalue weighted by Crippen LogP contribution is 2.18. The van der Waals surface area contributed by atoms with Gasteiger partial charge in [0.25, 0.3) is 0 Å². The van der Waals surface area contributed by atoms with Crippen LogP contribution in [0.3, 0.4) is 0 Å². The van der Waals surface area contributed by atoms with Crippen LogP contribution in [0.1, 0.15) is 35.5 Å². The molecule has 0 aliphatic heterocycles. The van der Waals surface area contributed by atoms with Crippen LogP contribution in [-0.2, 0) is 11.2 Å². The number of hydrogen-bond donors (Lipinski definition) is 1. The fourth-order valence-corrected chi connectivity index (χ4v) is 2.11. The molecule has 0 fully saturated rings. The molecule has 0 amide bonds. The van der Waals surface area contributed by atoms with Gasteiger partial charge in [0.1, 0.15) is 0 Å². The number of hydrazone groups is 1. The lowest BCUT2D eigenvalue weighted by molar-refractivity contribution is 0.0520. The van der Waals surface area contributed by atoms with E-state index in [2.05, 4.69) is 39.2 Å². The molecular weight excluding hydrogens is 288 g/mol. The van der Waals surface area contributed by atoms with Crippen LogP contribution in [0.15, 0.2) is 29.4 Å². The van der Waals surface area contributed by atoms with Crippen LogP contribution in [0.4, 0.5) is 5.00 Å². The van der Waals surface area contributed by atoms with E-state index in [1.54, 1.807) is 13.1 Å². The second-order valence-corrected chi connectivity index (χ2v) is 4.89. The molecule has 0 saturated heterocycles. The van der Waals surface area contributed by atoms with Crippen LogP contribution in [-0.4, -0.2) is 28.4 Å².